The molecular formula is C24H29FN6. The summed E-state index contributed by atoms with van der Waals surface area (Å²) in [6.07, 6.45) is 2.56. The fraction of sp³-hybridized carbons (Fsp3) is 0.458. The number of rotatable bonds is 4. The van der Waals surface area contributed by atoms with Crippen LogP contribution >= 0.6 is 0 Å². The highest BCUT2D eigenvalue weighted by atomic mass is 19.1. The van der Waals surface area contributed by atoms with Crippen LogP contribution in [0.2, 0.25) is 0 Å². The van der Waals surface area contributed by atoms with Gasteiger partial charge in [0.2, 0.25) is 0 Å². The SMILES string of the molecule is CC(C)(C)C#CC(=N)c1ncc(N2CC[C@@H]3[C@H](C2)[C@@]3(CN)c2ccccc2F)nc1N. The first kappa shape index (κ1) is 21.3. The van der Waals surface area contributed by atoms with E-state index < -0.39 is 0 Å². The third-order valence-electron chi connectivity index (χ3n) is 6.45. The van der Waals surface area contributed by atoms with Crippen LogP contribution in [0.25, 0.3) is 0 Å². The molecule has 0 spiro atoms. The zero-order valence-corrected chi connectivity index (χ0v) is 18.2. The lowest BCUT2D eigenvalue weighted by Crippen LogP contribution is -2.33. The Hall–Kier alpha value is -2.98. The van der Waals surface area contributed by atoms with E-state index in [0.29, 0.717) is 24.0 Å². The van der Waals surface area contributed by atoms with Gasteiger partial charge in [-0.15, -0.1) is 0 Å². The molecule has 6 nitrogen and oxygen atoms in total. The lowest BCUT2D eigenvalue weighted by molar-refractivity contribution is 0.533. The van der Waals surface area contributed by atoms with E-state index in [0.717, 1.165) is 25.1 Å². The summed E-state index contributed by atoms with van der Waals surface area (Å²) in [4.78, 5) is 11.0. The number of nitrogen functional groups attached to an aromatic ring is 1. The van der Waals surface area contributed by atoms with Crippen molar-refractivity contribution >= 4 is 17.3 Å². The summed E-state index contributed by atoms with van der Waals surface area (Å²) in [5, 5.41) is 8.18. The zero-order valence-electron chi connectivity index (χ0n) is 18.2. The van der Waals surface area contributed by atoms with E-state index >= 15 is 0 Å². The highest BCUT2D eigenvalue weighted by Crippen LogP contribution is 2.63. The van der Waals surface area contributed by atoms with E-state index in [1.165, 1.54) is 6.07 Å². The third kappa shape index (κ3) is 3.77. The van der Waals surface area contributed by atoms with Crippen molar-refractivity contribution in [1.29, 1.82) is 5.41 Å². The van der Waals surface area contributed by atoms with Crippen LogP contribution in [0.4, 0.5) is 16.0 Å². The number of nitrogens with zero attached hydrogens (tertiary/aromatic N) is 3. The molecule has 1 saturated heterocycles. The molecule has 1 aliphatic carbocycles. The Morgan fingerprint density at radius 2 is 2.06 bits per heavy atom. The van der Waals surface area contributed by atoms with E-state index in [1.54, 1.807) is 12.3 Å². The standard InChI is InChI=1S/C24H29FN6/c1-23(2,3)10-8-19(27)21-22(28)30-20(12-29-21)31-11-9-15-17(13-31)24(15,14-26)16-6-4-5-7-18(16)25/h4-7,12,15,17,27H,9,11,13-14,26H2,1-3H3,(H2,28,30)/t15-,17+,24-/m1/s1. The van der Waals surface area contributed by atoms with Gasteiger partial charge in [0.25, 0.3) is 0 Å². The number of halogens is 1. The predicted octanol–water partition coefficient (Wildman–Crippen LogP) is 2.97. The Morgan fingerprint density at radius 3 is 2.71 bits per heavy atom. The molecule has 0 bridgehead atoms. The Bertz CT molecular complexity index is 1080. The molecule has 2 aromatic rings. The minimum absolute atomic E-state index is 0.0640. The van der Waals surface area contributed by atoms with E-state index in [4.69, 9.17) is 16.9 Å². The summed E-state index contributed by atoms with van der Waals surface area (Å²) in [6, 6.07) is 6.96. The molecule has 1 aromatic heterocycles. The quantitative estimate of drug-likeness (QED) is 0.521. The van der Waals surface area contributed by atoms with Crippen LogP contribution in [-0.4, -0.2) is 35.3 Å². The molecule has 7 heteroatoms. The molecule has 0 amide bonds. The van der Waals surface area contributed by atoms with Gasteiger partial charge in [-0.3, -0.25) is 5.41 Å². The fourth-order valence-corrected chi connectivity index (χ4v) is 4.88. The van der Waals surface area contributed by atoms with Crippen LogP contribution in [0.5, 0.6) is 0 Å². The van der Waals surface area contributed by atoms with E-state index in [1.807, 2.05) is 32.9 Å². The molecule has 0 unspecified atom stereocenters. The first-order chi connectivity index (χ1) is 14.7. The maximum atomic E-state index is 14.5. The first-order valence-corrected chi connectivity index (χ1v) is 10.6. The van der Waals surface area contributed by atoms with Gasteiger partial charge in [0.1, 0.15) is 23.0 Å². The molecule has 3 atom stereocenters. The lowest BCUT2D eigenvalue weighted by Gasteiger charge is -2.27. The first-order valence-electron chi connectivity index (χ1n) is 10.6. The number of hydrogen-bond acceptors (Lipinski definition) is 6. The molecule has 5 N–H and O–H groups in total. The van der Waals surface area contributed by atoms with Gasteiger partial charge < -0.3 is 16.4 Å². The summed E-state index contributed by atoms with van der Waals surface area (Å²) < 4.78 is 14.5. The molecule has 1 aliphatic heterocycles. The summed E-state index contributed by atoms with van der Waals surface area (Å²) in [6.45, 7) is 7.88. The zero-order chi connectivity index (χ0) is 22.4. The van der Waals surface area contributed by atoms with Crippen LogP contribution in [0.1, 0.15) is 38.4 Å². The summed E-state index contributed by atoms with van der Waals surface area (Å²) in [5.74, 6) is 7.16. The van der Waals surface area contributed by atoms with Crippen molar-refractivity contribution in [3.63, 3.8) is 0 Å². The van der Waals surface area contributed by atoms with Crippen molar-refractivity contribution in [3.05, 3.63) is 47.5 Å². The molecule has 2 heterocycles. The normalized spacial score (nSPS) is 24.7. The summed E-state index contributed by atoms with van der Waals surface area (Å²) in [7, 11) is 0. The van der Waals surface area contributed by atoms with Gasteiger partial charge in [0.05, 0.1) is 6.20 Å². The topological polar surface area (TPSA) is 105 Å². The number of hydrogen-bond donors (Lipinski definition) is 3. The van der Waals surface area contributed by atoms with Crippen LogP contribution in [-0.2, 0) is 5.41 Å². The molecule has 31 heavy (non-hydrogen) atoms. The highest BCUT2D eigenvalue weighted by Gasteiger charge is 2.66. The molecule has 2 aliphatic rings. The predicted molar refractivity (Wildman–Crippen MR) is 121 cm³/mol. The minimum atomic E-state index is -0.316. The molecule has 162 valence electrons. The molecular weight excluding hydrogens is 391 g/mol. The number of piperidine rings is 1. The number of benzene rings is 1. The van der Waals surface area contributed by atoms with Crippen molar-refractivity contribution in [3.8, 4) is 11.8 Å². The van der Waals surface area contributed by atoms with Gasteiger partial charge in [-0.2, -0.15) is 0 Å². The number of anilines is 2. The van der Waals surface area contributed by atoms with Gasteiger partial charge in [-0.1, -0.05) is 24.1 Å². The number of nitrogens with two attached hydrogens (primary N) is 2. The number of aromatic nitrogens is 2. The summed E-state index contributed by atoms with van der Waals surface area (Å²) in [5.41, 5.74) is 12.9. The second kappa shape index (κ2) is 7.61. The Morgan fingerprint density at radius 1 is 1.32 bits per heavy atom. The van der Waals surface area contributed by atoms with Crippen molar-refractivity contribution in [2.75, 3.05) is 30.3 Å². The van der Waals surface area contributed by atoms with Gasteiger partial charge in [-0.25, -0.2) is 14.4 Å². The number of fused-ring (bicyclic) bond motifs is 1. The van der Waals surface area contributed by atoms with E-state index in [2.05, 4.69) is 26.7 Å². The van der Waals surface area contributed by atoms with Gasteiger partial charge in [-0.05, 0) is 56.6 Å². The van der Waals surface area contributed by atoms with E-state index in [9.17, 15) is 4.39 Å². The fourth-order valence-electron chi connectivity index (χ4n) is 4.88. The van der Waals surface area contributed by atoms with Gasteiger partial charge >= 0.3 is 0 Å². The Kier molecular flexibility index (Phi) is 5.22. The van der Waals surface area contributed by atoms with Crippen molar-refractivity contribution in [2.45, 2.75) is 32.6 Å². The second-order valence-corrected chi connectivity index (χ2v) is 9.51. The van der Waals surface area contributed by atoms with Gasteiger partial charge in [0.15, 0.2) is 5.82 Å². The summed E-state index contributed by atoms with van der Waals surface area (Å²) >= 11 is 0. The van der Waals surface area contributed by atoms with E-state index in [-0.39, 0.29) is 34.1 Å². The van der Waals surface area contributed by atoms with Crippen LogP contribution in [0.15, 0.2) is 30.5 Å². The van der Waals surface area contributed by atoms with Crippen molar-refractivity contribution in [2.24, 2.45) is 23.0 Å². The third-order valence-corrected chi connectivity index (χ3v) is 6.45. The smallest absolute Gasteiger partial charge is 0.154 e. The van der Waals surface area contributed by atoms with Crippen molar-refractivity contribution in [1.82, 2.24) is 9.97 Å². The van der Waals surface area contributed by atoms with Crippen LogP contribution < -0.4 is 16.4 Å². The molecule has 2 fully saturated rings. The second-order valence-electron chi connectivity index (χ2n) is 9.51. The van der Waals surface area contributed by atoms with Crippen molar-refractivity contribution < 1.29 is 4.39 Å². The Labute approximate surface area is 182 Å². The molecule has 1 aromatic carbocycles. The minimum Gasteiger partial charge on any atom is -0.382 e. The molecule has 0 radical (unpaired) electrons. The largest absolute Gasteiger partial charge is 0.382 e. The molecule has 4 rings (SSSR count). The highest BCUT2D eigenvalue weighted by molar-refractivity contribution is 6.12. The Balaban J connectivity index is 1.54. The maximum Gasteiger partial charge on any atom is 0.154 e. The molecule has 1 saturated carbocycles. The van der Waals surface area contributed by atoms with Gasteiger partial charge in [0, 0.05) is 30.5 Å². The monoisotopic (exact) mass is 420 g/mol. The average Bonchev–Trinajstić information content (AvgIpc) is 3.39. The number of nitrogens with one attached hydrogen (secondary N) is 1. The maximum absolute atomic E-state index is 14.5. The van der Waals surface area contributed by atoms with Crippen LogP contribution in [0.3, 0.4) is 0 Å². The average molecular weight is 421 g/mol. The van der Waals surface area contributed by atoms with Crippen LogP contribution in [0, 0.1) is 40.3 Å². The lowest BCUT2D eigenvalue weighted by atomic mass is 9.91.